The number of rotatable bonds is 1. The zero-order valence-electron chi connectivity index (χ0n) is 7.96. The molecule has 5 nitrogen and oxygen atoms in total. The summed E-state index contributed by atoms with van der Waals surface area (Å²) >= 11 is 0. The molecule has 0 bridgehead atoms. The molecule has 14 heavy (non-hydrogen) atoms. The van der Waals surface area contributed by atoms with Gasteiger partial charge in [-0.05, 0) is 24.6 Å². The topological polar surface area (TPSA) is 70.1 Å². The van der Waals surface area contributed by atoms with Crippen molar-refractivity contribution in [2.75, 3.05) is 5.48 Å². The molecule has 0 spiro atoms. The molecule has 2 rings (SSSR count). The highest BCUT2D eigenvalue weighted by atomic mass is 16.5. The van der Waals surface area contributed by atoms with Crippen LogP contribution in [0.4, 0.5) is 5.69 Å². The van der Waals surface area contributed by atoms with Gasteiger partial charge in [0.2, 0.25) is 0 Å². The van der Waals surface area contributed by atoms with Crippen LogP contribution in [0.2, 0.25) is 0 Å². The van der Waals surface area contributed by atoms with Crippen molar-refractivity contribution >= 4 is 16.7 Å². The molecule has 0 unspecified atom stereocenters. The van der Waals surface area contributed by atoms with E-state index in [0.717, 1.165) is 5.56 Å². The predicted molar refractivity (Wildman–Crippen MR) is 53.7 cm³/mol. The molecule has 0 amide bonds. The summed E-state index contributed by atoms with van der Waals surface area (Å²) in [5.74, 6) is 0. The van der Waals surface area contributed by atoms with E-state index in [1.54, 1.807) is 13.1 Å². The standard InChI is InChI=1S/C9H11N3O2/c1-5-3-6-8(7(4-5)11-14)12(2)9(13)10-6/h3-4,11,14H,1-2H3,(H,10,13). The van der Waals surface area contributed by atoms with Crippen LogP contribution in [0.1, 0.15) is 5.56 Å². The number of hydrogen-bond acceptors (Lipinski definition) is 3. The monoisotopic (exact) mass is 193 g/mol. The Hall–Kier alpha value is -1.75. The van der Waals surface area contributed by atoms with Crippen molar-refractivity contribution in [1.82, 2.24) is 9.55 Å². The predicted octanol–water partition coefficient (Wildman–Crippen LogP) is 0.976. The molecule has 0 saturated carbocycles. The van der Waals surface area contributed by atoms with Gasteiger partial charge in [-0.25, -0.2) is 4.79 Å². The Morgan fingerprint density at radius 1 is 1.50 bits per heavy atom. The minimum Gasteiger partial charge on any atom is -0.305 e. The SMILES string of the molecule is Cc1cc(NO)c2c(c1)[nH]c(=O)n2C. The number of imidazole rings is 1. The number of aromatic nitrogens is 2. The number of nitrogens with one attached hydrogen (secondary N) is 2. The summed E-state index contributed by atoms with van der Waals surface area (Å²) in [5.41, 5.74) is 4.78. The summed E-state index contributed by atoms with van der Waals surface area (Å²) in [6.07, 6.45) is 0. The molecule has 0 aliphatic heterocycles. The van der Waals surface area contributed by atoms with Crippen molar-refractivity contribution in [1.29, 1.82) is 0 Å². The van der Waals surface area contributed by atoms with E-state index in [0.29, 0.717) is 16.7 Å². The van der Waals surface area contributed by atoms with E-state index >= 15 is 0 Å². The Labute approximate surface area is 79.9 Å². The van der Waals surface area contributed by atoms with Crippen LogP contribution in [0.15, 0.2) is 16.9 Å². The zero-order chi connectivity index (χ0) is 10.3. The van der Waals surface area contributed by atoms with Crippen molar-refractivity contribution in [3.63, 3.8) is 0 Å². The molecule has 74 valence electrons. The third kappa shape index (κ3) is 1.10. The summed E-state index contributed by atoms with van der Waals surface area (Å²) in [6, 6.07) is 3.63. The maximum atomic E-state index is 11.3. The molecular formula is C9H11N3O2. The van der Waals surface area contributed by atoms with Gasteiger partial charge >= 0.3 is 5.69 Å². The second kappa shape index (κ2) is 2.88. The smallest absolute Gasteiger partial charge is 0.305 e. The first-order valence-electron chi connectivity index (χ1n) is 4.23. The second-order valence-corrected chi connectivity index (χ2v) is 3.31. The molecule has 0 atom stereocenters. The Bertz CT molecular complexity index is 539. The first-order valence-corrected chi connectivity index (χ1v) is 4.23. The molecule has 0 aliphatic carbocycles. The molecular weight excluding hydrogens is 182 g/mol. The van der Waals surface area contributed by atoms with Crippen LogP contribution in [0.25, 0.3) is 11.0 Å². The average molecular weight is 193 g/mol. The fourth-order valence-electron chi connectivity index (χ4n) is 1.62. The summed E-state index contributed by atoms with van der Waals surface area (Å²) in [6.45, 7) is 1.89. The molecule has 0 saturated heterocycles. The van der Waals surface area contributed by atoms with Crippen LogP contribution in [-0.4, -0.2) is 14.8 Å². The van der Waals surface area contributed by atoms with Crippen LogP contribution in [0, 0.1) is 6.92 Å². The van der Waals surface area contributed by atoms with Gasteiger partial charge in [-0.15, -0.1) is 0 Å². The Morgan fingerprint density at radius 3 is 2.86 bits per heavy atom. The molecule has 0 radical (unpaired) electrons. The maximum Gasteiger partial charge on any atom is 0.326 e. The lowest BCUT2D eigenvalue weighted by atomic mass is 10.2. The molecule has 1 aromatic carbocycles. The summed E-state index contributed by atoms with van der Waals surface area (Å²) in [7, 11) is 1.65. The lowest BCUT2D eigenvalue weighted by Gasteiger charge is -2.03. The quantitative estimate of drug-likeness (QED) is 0.591. The van der Waals surface area contributed by atoms with E-state index in [1.807, 2.05) is 13.0 Å². The lowest BCUT2D eigenvalue weighted by molar-refractivity contribution is 0.389. The van der Waals surface area contributed by atoms with E-state index < -0.39 is 0 Å². The van der Waals surface area contributed by atoms with E-state index in [4.69, 9.17) is 5.21 Å². The highest BCUT2D eigenvalue weighted by molar-refractivity contribution is 5.88. The zero-order valence-corrected chi connectivity index (χ0v) is 7.96. The minimum atomic E-state index is -0.192. The number of fused-ring (bicyclic) bond motifs is 1. The molecule has 2 aromatic rings. The lowest BCUT2D eigenvalue weighted by Crippen LogP contribution is -2.12. The molecule has 1 heterocycles. The van der Waals surface area contributed by atoms with Crippen molar-refractivity contribution in [2.24, 2.45) is 7.05 Å². The minimum absolute atomic E-state index is 0.192. The Balaban J connectivity index is 2.96. The number of benzene rings is 1. The normalized spacial score (nSPS) is 10.8. The van der Waals surface area contributed by atoms with Crippen LogP contribution < -0.4 is 11.2 Å². The molecule has 0 fully saturated rings. The van der Waals surface area contributed by atoms with Crippen molar-refractivity contribution < 1.29 is 5.21 Å². The van der Waals surface area contributed by atoms with Gasteiger partial charge in [-0.3, -0.25) is 15.3 Å². The summed E-state index contributed by atoms with van der Waals surface area (Å²) < 4.78 is 1.45. The summed E-state index contributed by atoms with van der Waals surface area (Å²) in [4.78, 5) is 14.0. The van der Waals surface area contributed by atoms with Gasteiger partial charge in [-0.1, -0.05) is 0 Å². The van der Waals surface area contributed by atoms with Crippen LogP contribution in [0.5, 0.6) is 0 Å². The highest BCUT2D eigenvalue weighted by Crippen LogP contribution is 2.21. The van der Waals surface area contributed by atoms with Crippen molar-refractivity contribution in [2.45, 2.75) is 6.92 Å². The fraction of sp³-hybridized carbons (Fsp3) is 0.222. The van der Waals surface area contributed by atoms with Gasteiger partial charge in [-0.2, -0.15) is 0 Å². The van der Waals surface area contributed by atoms with Gasteiger partial charge in [0.05, 0.1) is 16.7 Å². The Kier molecular flexibility index (Phi) is 1.82. The molecule has 0 aliphatic rings. The maximum absolute atomic E-state index is 11.3. The average Bonchev–Trinajstić information content (AvgIpc) is 2.41. The van der Waals surface area contributed by atoms with Gasteiger partial charge in [0.25, 0.3) is 0 Å². The summed E-state index contributed by atoms with van der Waals surface area (Å²) in [5, 5.41) is 8.91. The molecule has 5 heteroatoms. The molecule has 1 aromatic heterocycles. The fourth-order valence-corrected chi connectivity index (χ4v) is 1.62. The third-order valence-electron chi connectivity index (χ3n) is 2.26. The molecule has 3 N–H and O–H groups in total. The number of anilines is 1. The number of aryl methyl sites for hydroxylation is 2. The largest absolute Gasteiger partial charge is 0.326 e. The first kappa shape index (κ1) is 8.83. The Morgan fingerprint density at radius 2 is 2.21 bits per heavy atom. The number of nitrogens with zero attached hydrogens (tertiary/aromatic N) is 1. The van der Waals surface area contributed by atoms with E-state index in [-0.39, 0.29) is 5.69 Å². The van der Waals surface area contributed by atoms with Gasteiger partial charge in [0.1, 0.15) is 0 Å². The second-order valence-electron chi connectivity index (χ2n) is 3.31. The van der Waals surface area contributed by atoms with Gasteiger partial charge in [0.15, 0.2) is 0 Å². The van der Waals surface area contributed by atoms with E-state index in [9.17, 15) is 4.79 Å². The highest BCUT2D eigenvalue weighted by Gasteiger charge is 2.08. The first-order chi connectivity index (χ1) is 6.63. The number of hydrogen-bond donors (Lipinski definition) is 3. The number of aromatic amines is 1. The van der Waals surface area contributed by atoms with Crippen LogP contribution in [0.3, 0.4) is 0 Å². The van der Waals surface area contributed by atoms with Crippen LogP contribution in [-0.2, 0) is 7.05 Å². The van der Waals surface area contributed by atoms with Crippen LogP contribution >= 0.6 is 0 Å². The van der Waals surface area contributed by atoms with E-state index in [2.05, 4.69) is 10.5 Å². The number of H-pyrrole nitrogens is 1. The van der Waals surface area contributed by atoms with Crippen molar-refractivity contribution in [3.05, 3.63) is 28.2 Å². The third-order valence-corrected chi connectivity index (χ3v) is 2.26. The van der Waals surface area contributed by atoms with Gasteiger partial charge < -0.3 is 4.98 Å². The van der Waals surface area contributed by atoms with E-state index in [1.165, 1.54) is 4.57 Å². The van der Waals surface area contributed by atoms with Crippen molar-refractivity contribution in [3.8, 4) is 0 Å². The van der Waals surface area contributed by atoms with Gasteiger partial charge in [0, 0.05) is 7.05 Å².